The summed E-state index contributed by atoms with van der Waals surface area (Å²) in [5, 5.41) is 9.86. The van der Waals surface area contributed by atoms with Gasteiger partial charge in [0.2, 0.25) is 0 Å². The minimum Gasteiger partial charge on any atom is -0.481 e. The zero-order valence-corrected chi connectivity index (χ0v) is 20.4. The molecule has 4 nitrogen and oxygen atoms in total. The van der Waals surface area contributed by atoms with Crippen LogP contribution in [0.4, 0.5) is 0 Å². The summed E-state index contributed by atoms with van der Waals surface area (Å²) in [7, 11) is 0. The first-order valence-electron chi connectivity index (χ1n) is 12.4. The van der Waals surface area contributed by atoms with Gasteiger partial charge in [0.15, 0.2) is 0 Å². The van der Waals surface area contributed by atoms with Crippen LogP contribution in [0, 0.1) is 0 Å². The van der Waals surface area contributed by atoms with E-state index in [1.165, 1.54) is 11.1 Å². The van der Waals surface area contributed by atoms with Crippen molar-refractivity contribution >= 4 is 5.97 Å². The summed E-state index contributed by atoms with van der Waals surface area (Å²) in [5.74, 6) is -0.856. The highest BCUT2D eigenvalue weighted by Crippen LogP contribution is 2.24. The fraction of sp³-hybridized carbons (Fsp3) is 0.219. The molecule has 0 fully saturated rings. The second kappa shape index (κ2) is 13.4. The van der Waals surface area contributed by atoms with Crippen molar-refractivity contribution < 1.29 is 14.6 Å². The van der Waals surface area contributed by atoms with Gasteiger partial charge in [-0.25, -0.2) is 0 Å². The number of hydrogen-bond donors (Lipinski definition) is 1. The van der Waals surface area contributed by atoms with Crippen molar-refractivity contribution in [3.8, 4) is 0 Å². The predicted molar refractivity (Wildman–Crippen MR) is 143 cm³/mol. The van der Waals surface area contributed by atoms with Crippen LogP contribution in [0.15, 0.2) is 121 Å². The molecule has 0 aliphatic heterocycles. The average molecular weight is 480 g/mol. The van der Waals surface area contributed by atoms with Crippen LogP contribution < -0.4 is 0 Å². The van der Waals surface area contributed by atoms with E-state index < -0.39 is 12.1 Å². The highest BCUT2D eigenvalue weighted by Gasteiger charge is 2.31. The van der Waals surface area contributed by atoms with Crippen LogP contribution in [-0.2, 0) is 35.6 Å². The number of nitrogens with zero attached hydrogens (tertiary/aromatic N) is 1. The molecule has 2 atom stereocenters. The van der Waals surface area contributed by atoms with E-state index in [2.05, 4.69) is 41.3 Å². The quantitative estimate of drug-likeness (QED) is 0.242. The van der Waals surface area contributed by atoms with Crippen LogP contribution in [0.25, 0.3) is 0 Å². The van der Waals surface area contributed by atoms with Gasteiger partial charge in [-0.2, -0.15) is 0 Å². The lowest BCUT2D eigenvalue weighted by molar-refractivity contribution is -0.142. The zero-order valence-electron chi connectivity index (χ0n) is 20.4. The highest BCUT2D eigenvalue weighted by molar-refractivity contribution is 5.67. The summed E-state index contributed by atoms with van der Waals surface area (Å²) in [5.41, 5.74) is 4.56. The number of rotatable bonds is 13. The molecule has 0 bridgehead atoms. The molecule has 0 spiro atoms. The van der Waals surface area contributed by atoms with Gasteiger partial charge >= 0.3 is 5.97 Å². The van der Waals surface area contributed by atoms with Gasteiger partial charge in [0, 0.05) is 19.1 Å². The Kier molecular flexibility index (Phi) is 9.43. The first kappa shape index (κ1) is 25.4. The van der Waals surface area contributed by atoms with Gasteiger partial charge in [0.05, 0.1) is 19.1 Å². The van der Waals surface area contributed by atoms with E-state index in [9.17, 15) is 9.90 Å². The first-order valence-corrected chi connectivity index (χ1v) is 12.4. The van der Waals surface area contributed by atoms with Crippen LogP contribution in [0.1, 0.15) is 28.7 Å². The first-order chi connectivity index (χ1) is 17.7. The van der Waals surface area contributed by atoms with Gasteiger partial charge in [0.1, 0.15) is 0 Å². The Morgan fingerprint density at radius 1 is 0.639 bits per heavy atom. The van der Waals surface area contributed by atoms with E-state index in [-0.39, 0.29) is 12.5 Å². The summed E-state index contributed by atoms with van der Waals surface area (Å²) >= 11 is 0. The maximum atomic E-state index is 12.0. The maximum absolute atomic E-state index is 12.0. The molecule has 1 N–H and O–H groups in total. The Bertz CT molecular complexity index is 1130. The van der Waals surface area contributed by atoms with Crippen molar-refractivity contribution in [3.05, 3.63) is 144 Å². The molecule has 36 heavy (non-hydrogen) atoms. The van der Waals surface area contributed by atoms with Crippen LogP contribution >= 0.6 is 0 Å². The van der Waals surface area contributed by atoms with Crippen LogP contribution in [-0.4, -0.2) is 28.1 Å². The lowest BCUT2D eigenvalue weighted by Crippen LogP contribution is -2.46. The van der Waals surface area contributed by atoms with Crippen molar-refractivity contribution in [2.24, 2.45) is 0 Å². The van der Waals surface area contributed by atoms with Crippen LogP contribution in [0.2, 0.25) is 0 Å². The molecule has 0 radical (unpaired) electrons. The average Bonchev–Trinajstić information content (AvgIpc) is 2.92. The molecule has 184 valence electrons. The Hall–Kier alpha value is -3.73. The third-order valence-corrected chi connectivity index (χ3v) is 6.33. The van der Waals surface area contributed by atoms with E-state index in [0.717, 1.165) is 11.1 Å². The van der Waals surface area contributed by atoms with Crippen molar-refractivity contribution in [3.63, 3.8) is 0 Å². The monoisotopic (exact) mass is 479 g/mol. The molecule has 4 aromatic rings. The van der Waals surface area contributed by atoms with E-state index >= 15 is 0 Å². The Morgan fingerprint density at radius 2 is 1.06 bits per heavy atom. The fourth-order valence-electron chi connectivity index (χ4n) is 4.53. The molecule has 0 heterocycles. The number of carboxylic acid groups (broad SMARTS) is 1. The molecule has 0 unspecified atom stereocenters. The van der Waals surface area contributed by atoms with Gasteiger partial charge in [-0.05, 0) is 28.7 Å². The lowest BCUT2D eigenvalue weighted by Gasteiger charge is -2.37. The van der Waals surface area contributed by atoms with Gasteiger partial charge in [-0.1, -0.05) is 121 Å². The molecule has 4 aromatic carbocycles. The SMILES string of the molecule is O=C(O)C[C@H](OCc1ccccc1)[C@H](Cc1ccccc1)N(Cc1ccccc1)Cc1ccccc1. The van der Waals surface area contributed by atoms with Crippen molar-refractivity contribution in [1.82, 2.24) is 4.90 Å². The molecule has 0 aliphatic carbocycles. The van der Waals surface area contributed by atoms with Crippen LogP contribution in [0.5, 0.6) is 0 Å². The molecule has 0 saturated carbocycles. The minimum atomic E-state index is -0.856. The number of hydrogen-bond acceptors (Lipinski definition) is 3. The Balaban J connectivity index is 1.68. The van der Waals surface area contributed by atoms with E-state index in [0.29, 0.717) is 26.1 Å². The van der Waals surface area contributed by atoms with Crippen molar-refractivity contribution in [2.45, 2.75) is 44.7 Å². The number of aliphatic carboxylic acids is 1. The second-order valence-corrected chi connectivity index (χ2v) is 9.07. The third-order valence-electron chi connectivity index (χ3n) is 6.33. The number of carbonyl (C=O) groups is 1. The number of benzene rings is 4. The van der Waals surface area contributed by atoms with E-state index in [1.54, 1.807) is 0 Å². The summed E-state index contributed by atoms with van der Waals surface area (Å²) in [4.78, 5) is 14.4. The smallest absolute Gasteiger partial charge is 0.306 e. The third kappa shape index (κ3) is 7.91. The molecular formula is C32H33NO3. The molecule has 0 aromatic heterocycles. The topological polar surface area (TPSA) is 49.8 Å². The maximum Gasteiger partial charge on any atom is 0.306 e. The van der Waals surface area contributed by atoms with E-state index in [1.807, 2.05) is 84.9 Å². The van der Waals surface area contributed by atoms with E-state index in [4.69, 9.17) is 4.74 Å². The Labute approximate surface area is 213 Å². The minimum absolute atomic E-state index is 0.0651. The highest BCUT2D eigenvalue weighted by atomic mass is 16.5. The van der Waals surface area contributed by atoms with Gasteiger partial charge in [0.25, 0.3) is 0 Å². The van der Waals surface area contributed by atoms with Gasteiger partial charge in [-0.15, -0.1) is 0 Å². The molecule has 4 rings (SSSR count). The molecule has 0 saturated heterocycles. The zero-order chi connectivity index (χ0) is 25.0. The van der Waals surface area contributed by atoms with Crippen molar-refractivity contribution in [1.29, 1.82) is 0 Å². The standard InChI is InChI=1S/C32H33NO3/c34-32(35)22-31(36-25-29-19-11-4-12-20-29)30(21-26-13-5-1-6-14-26)33(23-27-15-7-2-8-16-27)24-28-17-9-3-10-18-28/h1-20,30-31H,21-25H2,(H,34,35)/t30-,31-/m0/s1. The lowest BCUT2D eigenvalue weighted by atomic mass is 9.96. The summed E-state index contributed by atoms with van der Waals surface area (Å²) < 4.78 is 6.41. The van der Waals surface area contributed by atoms with Gasteiger partial charge < -0.3 is 9.84 Å². The molecular weight excluding hydrogens is 446 g/mol. The van der Waals surface area contributed by atoms with Crippen LogP contribution in [0.3, 0.4) is 0 Å². The van der Waals surface area contributed by atoms with Crippen molar-refractivity contribution in [2.75, 3.05) is 0 Å². The summed E-state index contributed by atoms with van der Waals surface area (Å²) in [6, 6.07) is 40.8. The predicted octanol–water partition coefficient (Wildman–Crippen LogP) is 6.36. The summed E-state index contributed by atoms with van der Waals surface area (Å²) in [6.07, 6.45) is 0.132. The normalized spacial score (nSPS) is 12.8. The molecule has 0 aliphatic rings. The molecule has 4 heteroatoms. The molecule has 0 amide bonds. The second-order valence-electron chi connectivity index (χ2n) is 9.07. The largest absolute Gasteiger partial charge is 0.481 e. The summed E-state index contributed by atoms with van der Waals surface area (Å²) in [6.45, 7) is 1.75. The Morgan fingerprint density at radius 3 is 1.50 bits per heavy atom. The fourth-order valence-corrected chi connectivity index (χ4v) is 4.53. The number of ether oxygens (including phenoxy) is 1. The van der Waals surface area contributed by atoms with Gasteiger partial charge in [-0.3, -0.25) is 9.69 Å². The number of carboxylic acids is 1.